The Hall–Kier alpha value is -5.01. The van der Waals surface area contributed by atoms with E-state index >= 15 is 0 Å². The topological polar surface area (TPSA) is 12.4 Å². The van der Waals surface area contributed by atoms with E-state index in [1.54, 1.807) is 0 Å². The van der Waals surface area contributed by atoms with Gasteiger partial charge in [-0.3, -0.25) is 0 Å². The minimum Gasteiger partial charge on any atom is -0.248 e. The maximum atomic E-state index is 5.41. The van der Waals surface area contributed by atoms with Gasteiger partial charge in [-0.05, 0) is 114 Å². The predicted molar refractivity (Wildman–Crippen MR) is 208 cm³/mol. The van der Waals surface area contributed by atoms with E-state index in [9.17, 15) is 0 Å². The van der Waals surface area contributed by atoms with Gasteiger partial charge in [0.15, 0.2) is 0 Å². The molecule has 0 amide bonds. The third-order valence-electron chi connectivity index (χ3n) is 10.9. The largest absolute Gasteiger partial charge is 0.248 e. The molecule has 1 aliphatic heterocycles. The summed E-state index contributed by atoms with van der Waals surface area (Å²) in [5, 5.41) is 0. The molecule has 0 N–H and O–H groups in total. The molecule has 4 aromatic carbocycles. The second-order valence-electron chi connectivity index (χ2n) is 14.0. The lowest BCUT2D eigenvalue weighted by Crippen LogP contribution is -2.29. The molecule has 0 bridgehead atoms. The van der Waals surface area contributed by atoms with Gasteiger partial charge in [0.2, 0.25) is 0 Å². The van der Waals surface area contributed by atoms with Gasteiger partial charge in [0.05, 0.1) is 11.4 Å². The van der Waals surface area contributed by atoms with Crippen molar-refractivity contribution in [3.63, 3.8) is 0 Å². The third-order valence-corrected chi connectivity index (χ3v) is 10.9. The number of aryl methyl sites for hydroxylation is 1. The maximum Gasteiger partial charge on any atom is 0.0712 e. The normalized spacial score (nSPS) is 21.8. The molecule has 4 aliphatic rings. The number of rotatable bonds is 7. The zero-order valence-electron chi connectivity index (χ0n) is 28.3. The summed E-state index contributed by atoms with van der Waals surface area (Å²) in [5.41, 5.74) is 14.4. The molecule has 242 valence electrons. The molecule has 3 unspecified atom stereocenters. The zero-order valence-corrected chi connectivity index (χ0v) is 28.3. The zero-order chi connectivity index (χ0) is 32.8. The molecule has 4 aromatic rings. The van der Waals surface area contributed by atoms with Crippen molar-refractivity contribution in [2.24, 2.45) is 16.8 Å². The first kappa shape index (κ1) is 31.3. The average molecular weight is 636 g/mol. The van der Waals surface area contributed by atoms with Crippen molar-refractivity contribution in [3.05, 3.63) is 202 Å². The Morgan fingerprint density at radius 3 is 2.20 bits per heavy atom. The number of allylic oxidation sites excluding steroid dienone is 11. The van der Waals surface area contributed by atoms with E-state index in [-0.39, 0.29) is 0 Å². The lowest BCUT2D eigenvalue weighted by Gasteiger charge is -2.38. The predicted octanol–water partition coefficient (Wildman–Crippen LogP) is 12.1. The molecule has 0 spiro atoms. The van der Waals surface area contributed by atoms with Crippen molar-refractivity contribution in [1.82, 2.24) is 0 Å². The quantitative estimate of drug-likeness (QED) is 0.192. The monoisotopic (exact) mass is 635 g/mol. The van der Waals surface area contributed by atoms with Gasteiger partial charge in [0, 0.05) is 11.5 Å². The van der Waals surface area contributed by atoms with Gasteiger partial charge in [-0.2, -0.15) is 0 Å². The number of hydrogen-bond donors (Lipinski definition) is 0. The molecule has 0 fully saturated rings. The Balaban J connectivity index is 1.04. The van der Waals surface area contributed by atoms with Gasteiger partial charge >= 0.3 is 0 Å². The van der Waals surface area contributed by atoms with E-state index in [4.69, 9.17) is 4.99 Å². The van der Waals surface area contributed by atoms with E-state index in [1.165, 1.54) is 57.4 Å². The Labute approximate surface area is 292 Å². The molecule has 1 heterocycles. The first-order valence-corrected chi connectivity index (χ1v) is 18.3. The van der Waals surface area contributed by atoms with Gasteiger partial charge in [-0.1, -0.05) is 152 Å². The molecule has 0 radical (unpaired) electrons. The molecule has 1 heteroatoms. The van der Waals surface area contributed by atoms with E-state index in [0.29, 0.717) is 17.8 Å². The summed E-state index contributed by atoms with van der Waals surface area (Å²) in [7, 11) is 0. The molecular formula is C48H45N. The summed E-state index contributed by atoms with van der Waals surface area (Å²) in [4.78, 5) is 5.41. The second-order valence-corrected chi connectivity index (χ2v) is 14.0. The van der Waals surface area contributed by atoms with Crippen LogP contribution >= 0.6 is 0 Å². The molecule has 0 saturated heterocycles. The van der Waals surface area contributed by atoms with Crippen LogP contribution in [0.5, 0.6) is 0 Å². The minimum atomic E-state index is 0.514. The fourth-order valence-electron chi connectivity index (χ4n) is 8.29. The molecule has 3 atom stereocenters. The first-order chi connectivity index (χ1) is 24.3. The van der Waals surface area contributed by atoms with Crippen LogP contribution in [0.25, 0.3) is 11.3 Å². The van der Waals surface area contributed by atoms with Crippen molar-refractivity contribution >= 4 is 17.0 Å². The van der Waals surface area contributed by atoms with Gasteiger partial charge in [-0.15, -0.1) is 0 Å². The Morgan fingerprint density at radius 2 is 1.37 bits per heavy atom. The molecule has 49 heavy (non-hydrogen) atoms. The number of hydrogen-bond acceptors (Lipinski definition) is 1. The van der Waals surface area contributed by atoms with Crippen LogP contribution in [0, 0.1) is 11.8 Å². The second kappa shape index (κ2) is 14.6. The van der Waals surface area contributed by atoms with Crippen molar-refractivity contribution in [2.75, 3.05) is 0 Å². The summed E-state index contributed by atoms with van der Waals surface area (Å²) in [6.45, 7) is 0. The highest BCUT2D eigenvalue weighted by molar-refractivity contribution is 6.11. The van der Waals surface area contributed by atoms with E-state index in [0.717, 1.165) is 55.5 Å². The van der Waals surface area contributed by atoms with Gasteiger partial charge < -0.3 is 0 Å². The van der Waals surface area contributed by atoms with Crippen LogP contribution in [0.2, 0.25) is 0 Å². The highest BCUT2D eigenvalue weighted by Crippen LogP contribution is 2.44. The van der Waals surface area contributed by atoms with Crippen molar-refractivity contribution in [1.29, 1.82) is 0 Å². The van der Waals surface area contributed by atoms with Crippen molar-refractivity contribution in [2.45, 2.75) is 57.3 Å². The van der Waals surface area contributed by atoms with E-state index in [2.05, 4.69) is 158 Å². The van der Waals surface area contributed by atoms with Gasteiger partial charge in [-0.25, -0.2) is 4.99 Å². The van der Waals surface area contributed by atoms with Crippen LogP contribution < -0.4 is 0 Å². The van der Waals surface area contributed by atoms with Crippen LogP contribution in [0.3, 0.4) is 0 Å². The summed E-state index contributed by atoms with van der Waals surface area (Å²) >= 11 is 0. The highest BCUT2D eigenvalue weighted by atomic mass is 14.8. The Morgan fingerprint density at radius 1 is 0.612 bits per heavy atom. The number of nitrogens with zero attached hydrogens (tertiary/aromatic N) is 1. The van der Waals surface area contributed by atoms with Gasteiger partial charge in [0.1, 0.15) is 0 Å². The van der Waals surface area contributed by atoms with Crippen LogP contribution in [0.15, 0.2) is 174 Å². The van der Waals surface area contributed by atoms with Gasteiger partial charge in [0.25, 0.3) is 0 Å². The van der Waals surface area contributed by atoms with Crippen LogP contribution in [0.4, 0.5) is 0 Å². The summed E-state index contributed by atoms with van der Waals surface area (Å²) in [6, 6.07) is 40.0. The summed E-state index contributed by atoms with van der Waals surface area (Å²) in [6.07, 6.45) is 27.7. The first-order valence-electron chi connectivity index (χ1n) is 18.3. The number of aliphatic imine (C=N–C) groups is 1. The van der Waals surface area contributed by atoms with Crippen LogP contribution in [0.1, 0.15) is 77.8 Å². The molecule has 0 saturated carbocycles. The molecule has 1 nitrogen and oxygen atoms in total. The molecular weight excluding hydrogens is 591 g/mol. The molecule has 0 aromatic heterocycles. The van der Waals surface area contributed by atoms with E-state index < -0.39 is 0 Å². The lowest BCUT2D eigenvalue weighted by atomic mass is 9.66. The molecule has 8 rings (SSSR count). The minimum absolute atomic E-state index is 0.514. The Kier molecular flexibility index (Phi) is 9.33. The SMILES string of the molecule is C1=CC2c3ccccc3CC(CCc3ccc(C4=CCCCC(C5=CCCC(c6ccccc6)=C5)=CC(c5ccccc5)=N4)cc3)C2C=C1. The average Bonchev–Trinajstić information content (AvgIpc) is 3.29. The van der Waals surface area contributed by atoms with E-state index in [1.807, 2.05) is 0 Å². The molecule has 3 aliphatic carbocycles. The Bertz CT molecular complexity index is 2000. The van der Waals surface area contributed by atoms with Crippen LogP contribution in [-0.4, -0.2) is 5.71 Å². The lowest BCUT2D eigenvalue weighted by molar-refractivity contribution is 0.319. The van der Waals surface area contributed by atoms with Crippen molar-refractivity contribution in [3.8, 4) is 0 Å². The maximum absolute atomic E-state index is 5.41. The van der Waals surface area contributed by atoms with Crippen molar-refractivity contribution < 1.29 is 0 Å². The highest BCUT2D eigenvalue weighted by Gasteiger charge is 2.34. The smallest absolute Gasteiger partial charge is 0.0712 e. The number of benzene rings is 4. The fourth-order valence-corrected chi connectivity index (χ4v) is 8.29. The van der Waals surface area contributed by atoms with Crippen LogP contribution in [-0.2, 0) is 12.8 Å². The fraction of sp³-hybridized carbons (Fsp3) is 0.229. The standard InChI is InChI=1S/C48H45N/c1-3-14-36(15-4-1)39-20-13-21-40(32-39)41-18-8-12-25-47(49-48(34-41)37-16-5-2-6-17-37)38-29-26-35(27-30-38)28-31-43-33-42-19-7-9-22-44(42)46-24-11-10-23-45(43)46/h1-7,9-11,14-17,19,21-27,29-30,32,34,43,45-46H,8,12-13,18,20,28,31,33H2. The number of fused-ring (bicyclic) bond motifs is 3. The summed E-state index contributed by atoms with van der Waals surface area (Å²) < 4.78 is 0. The third kappa shape index (κ3) is 7.08. The summed E-state index contributed by atoms with van der Waals surface area (Å²) in [5.74, 6) is 1.77.